The van der Waals surface area contributed by atoms with Crippen molar-refractivity contribution in [2.75, 3.05) is 5.32 Å². The van der Waals surface area contributed by atoms with Gasteiger partial charge in [0.15, 0.2) is 5.82 Å². The first-order valence-electron chi connectivity index (χ1n) is 5.60. The molecule has 0 aromatic carbocycles. The van der Waals surface area contributed by atoms with E-state index >= 15 is 0 Å². The Morgan fingerprint density at radius 3 is 3.00 bits per heavy atom. The van der Waals surface area contributed by atoms with E-state index in [9.17, 15) is 4.79 Å². The summed E-state index contributed by atoms with van der Waals surface area (Å²) in [5.41, 5.74) is 0. The zero-order chi connectivity index (χ0) is 11.5. The van der Waals surface area contributed by atoms with E-state index < -0.39 is 0 Å². The van der Waals surface area contributed by atoms with Crippen LogP contribution in [0.25, 0.3) is 0 Å². The van der Waals surface area contributed by atoms with E-state index in [0.29, 0.717) is 16.8 Å². The lowest BCUT2D eigenvalue weighted by Gasteiger charge is -2.14. The Morgan fingerprint density at radius 1 is 1.56 bits per heavy atom. The largest absolute Gasteiger partial charge is 0.309 e. The van der Waals surface area contributed by atoms with E-state index in [1.54, 1.807) is 18.3 Å². The summed E-state index contributed by atoms with van der Waals surface area (Å²) in [4.78, 5) is 16.0. The average Bonchev–Trinajstić information content (AvgIpc) is 2.68. The lowest BCUT2D eigenvalue weighted by molar-refractivity contribution is -0.120. The quantitative estimate of drug-likeness (QED) is 0.860. The maximum absolute atomic E-state index is 12.0. The maximum Gasteiger partial charge on any atom is 0.228 e. The average molecular weight is 239 g/mol. The second kappa shape index (κ2) is 4.83. The summed E-state index contributed by atoms with van der Waals surface area (Å²) in [6.07, 6.45) is 4.86. The van der Waals surface area contributed by atoms with Gasteiger partial charge >= 0.3 is 0 Å². The molecule has 0 radical (unpaired) electrons. The molecule has 2 unspecified atom stereocenters. The van der Waals surface area contributed by atoms with Crippen molar-refractivity contribution in [3.8, 4) is 0 Å². The number of hydrogen-bond acceptors (Lipinski definition) is 2. The monoisotopic (exact) mass is 238 g/mol. The molecule has 1 aromatic rings. The molecule has 3 nitrogen and oxygen atoms in total. The van der Waals surface area contributed by atoms with Crippen molar-refractivity contribution >= 4 is 23.3 Å². The predicted molar refractivity (Wildman–Crippen MR) is 64.4 cm³/mol. The highest BCUT2D eigenvalue weighted by Crippen LogP contribution is 2.32. The SMILES string of the molecule is CC1CCCC1C(=O)Nc1ncccc1Cl. The summed E-state index contributed by atoms with van der Waals surface area (Å²) in [6, 6.07) is 3.47. The third-order valence-corrected chi connectivity index (χ3v) is 3.50. The highest BCUT2D eigenvalue weighted by Gasteiger charge is 2.29. The van der Waals surface area contributed by atoms with Crippen LogP contribution in [0.1, 0.15) is 26.2 Å². The van der Waals surface area contributed by atoms with Gasteiger partial charge in [-0.1, -0.05) is 24.9 Å². The standard InChI is InChI=1S/C12H15ClN2O/c1-8-4-2-5-9(8)12(16)15-11-10(13)6-3-7-14-11/h3,6-9H,2,4-5H2,1H3,(H,14,15,16). The van der Waals surface area contributed by atoms with E-state index in [1.165, 1.54) is 0 Å². The number of hydrogen-bond donors (Lipinski definition) is 1. The maximum atomic E-state index is 12.0. The summed E-state index contributed by atoms with van der Waals surface area (Å²) in [5, 5.41) is 3.29. The molecule has 1 aromatic heterocycles. The van der Waals surface area contributed by atoms with E-state index in [4.69, 9.17) is 11.6 Å². The number of aromatic nitrogens is 1. The van der Waals surface area contributed by atoms with E-state index in [-0.39, 0.29) is 11.8 Å². The minimum absolute atomic E-state index is 0.0469. The van der Waals surface area contributed by atoms with Gasteiger partial charge in [0.05, 0.1) is 5.02 Å². The van der Waals surface area contributed by atoms with Crippen molar-refractivity contribution in [3.05, 3.63) is 23.4 Å². The van der Waals surface area contributed by atoms with Gasteiger partial charge in [-0.25, -0.2) is 4.98 Å². The number of halogens is 1. The zero-order valence-corrected chi connectivity index (χ0v) is 10.00. The van der Waals surface area contributed by atoms with Gasteiger partial charge in [-0.3, -0.25) is 4.79 Å². The highest BCUT2D eigenvalue weighted by molar-refractivity contribution is 6.33. The summed E-state index contributed by atoms with van der Waals surface area (Å²) in [5.74, 6) is 1.08. The van der Waals surface area contributed by atoms with Crippen molar-refractivity contribution in [2.24, 2.45) is 11.8 Å². The van der Waals surface area contributed by atoms with Gasteiger partial charge in [0.25, 0.3) is 0 Å². The molecule has 0 aliphatic heterocycles. The van der Waals surface area contributed by atoms with Crippen molar-refractivity contribution in [2.45, 2.75) is 26.2 Å². The van der Waals surface area contributed by atoms with Crippen molar-refractivity contribution in [1.29, 1.82) is 0 Å². The zero-order valence-electron chi connectivity index (χ0n) is 9.24. The summed E-state index contributed by atoms with van der Waals surface area (Å²) in [6.45, 7) is 2.12. The Kier molecular flexibility index (Phi) is 3.44. The van der Waals surface area contributed by atoms with Crippen LogP contribution in [-0.4, -0.2) is 10.9 Å². The lowest BCUT2D eigenvalue weighted by atomic mass is 9.97. The Bertz CT molecular complexity index is 394. The molecule has 1 aliphatic carbocycles. The first kappa shape index (κ1) is 11.4. The third-order valence-electron chi connectivity index (χ3n) is 3.20. The van der Waals surface area contributed by atoms with Crippen LogP contribution >= 0.6 is 11.6 Å². The Hall–Kier alpha value is -1.09. The van der Waals surface area contributed by atoms with Crippen LogP contribution in [0.5, 0.6) is 0 Å². The minimum atomic E-state index is 0.0469. The molecule has 1 fully saturated rings. The molecular formula is C12H15ClN2O. The number of amides is 1. The van der Waals surface area contributed by atoms with Crippen LogP contribution in [0, 0.1) is 11.8 Å². The van der Waals surface area contributed by atoms with Crippen LogP contribution in [-0.2, 0) is 4.79 Å². The summed E-state index contributed by atoms with van der Waals surface area (Å²) < 4.78 is 0. The minimum Gasteiger partial charge on any atom is -0.309 e. The lowest BCUT2D eigenvalue weighted by Crippen LogP contribution is -2.25. The Labute approximate surface area is 100 Å². The molecule has 2 rings (SSSR count). The fraction of sp³-hybridized carbons (Fsp3) is 0.500. The van der Waals surface area contributed by atoms with E-state index in [0.717, 1.165) is 19.3 Å². The molecule has 16 heavy (non-hydrogen) atoms. The molecule has 2 atom stereocenters. The number of carbonyl (C=O) groups is 1. The molecule has 0 spiro atoms. The molecule has 1 saturated carbocycles. The summed E-state index contributed by atoms with van der Waals surface area (Å²) in [7, 11) is 0. The smallest absolute Gasteiger partial charge is 0.228 e. The molecule has 0 bridgehead atoms. The number of nitrogens with zero attached hydrogens (tertiary/aromatic N) is 1. The molecule has 1 heterocycles. The first-order chi connectivity index (χ1) is 7.68. The van der Waals surface area contributed by atoms with Gasteiger partial charge in [-0.05, 0) is 30.9 Å². The molecule has 1 amide bonds. The second-order valence-corrected chi connectivity index (χ2v) is 4.74. The van der Waals surface area contributed by atoms with Crippen molar-refractivity contribution in [1.82, 2.24) is 4.98 Å². The summed E-state index contributed by atoms with van der Waals surface area (Å²) >= 11 is 5.93. The van der Waals surface area contributed by atoms with Crippen LogP contribution in [0.2, 0.25) is 5.02 Å². The molecule has 0 saturated heterocycles. The molecule has 4 heteroatoms. The van der Waals surface area contributed by atoms with Gasteiger partial charge in [-0.15, -0.1) is 0 Å². The Balaban J connectivity index is 2.05. The molecule has 1 N–H and O–H groups in total. The third kappa shape index (κ3) is 2.35. The molecule has 1 aliphatic rings. The van der Waals surface area contributed by atoms with E-state index in [2.05, 4.69) is 17.2 Å². The normalized spacial score (nSPS) is 24.4. The number of rotatable bonds is 2. The number of nitrogens with one attached hydrogen (secondary N) is 1. The highest BCUT2D eigenvalue weighted by atomic mass is 35.5. The number of pyridine rings is 1. The van der Waals surface area contributed by atoms with Crippen molar-refractivity contribution < 1.29 is 4.79 Å². The van der Waals surface area contributed by atoms with Gasteiger partial charge in [0.2, 0.25) is 5.91 Å². The first-order valence-corrected chi connectivity index (χ1v) is 5.97. The number of carbonyl (C=O) groups excluding carboxylic acids is 1. The second-order valence-electron chi connectivity index (χ2n) is 4.34. The number of anilines is 1. The van der Waals surface area contributed by atoms with Gasteiger partial charge in [0.1, 0.15) is 0 Å². The van der Waals surface area contributed by atoms with E-state index in [1.807, 2.05) is 0 Å². The van der Waals surface area contributed by atoms with Crippen LogP contribution in [0.3, 0.4) is 0 Å². The molecular weight excluding hydrogens is 224 g/mol. The Morgan fingerprint density at radius 2 is 2.38 bits per heavy atom. The predicted octanol–water partition coefficient (Wildman–Crippen LogP) is 3.11. The molecule has 86 valence electrons. The van der Waals surface area contributed by atoms with Gasteiger partial charge < -0.3 is 5.32 Å². The van der Waals surface area contributed by atoms with Gasteiger partial charge in [0, 0.05) is 12.1 Å². The van der Waals surface area contributed by atoms with Crippen LogP contribution in [0.15, 0.2) is 18.3 Å². The van der Waals surface area contributed by atoms with Crippen molar-refractivity contribution in [3.63, 3.8) is 0 Å². The van der Waals surface area contributed by atoms with Crippen LogP contribution in [0.4, 0.5) is 5.82 Å². The topological polar surface area (TPSA) is 42.0 Å². The fourth-order valence-corrected chi connectivity index (χ4v) is 2.39. The van der Waals surface area contributed by atoms with Crippen LogP contribution < -0.4 is 5.32 Å². The fourth-order valence-electron chi connectivity index (χ4n) is 2.22. The van der Waals surface area contributed by atoms with Gasteiger partial charge in [-0.2, -0.15) is 0 Å².